The Bertz CT molecular complexity index is 912. The van der Waals surface area contributed by atoms with E-state index in [0.29, 0.717) is 13.1 Å². The number of nitrogens with zero attached hydrogens (tertiary/aromatic N) is 3. The maximum absolute atomic E-state index is 12.6. The molecule has 2 aromatic carbocycles. The Balaban J connectivity index is 1.43. The summed E-state index contributed by atoms with van der Waals surface area (Å²) in [6.07, 6.45) is -0.956. The van der Waals surface area contributed by atoms with Crippen molar-refractivity contribution in [3.8, 4) is 5.75 Å². The molecule has 1 atom stereocenters. The monoisotopic (exact) mass is 427 g/mol. The zero-order chi connectivity index (χ0) is 22.2. The second-order valence-corrected chi connectivity index (χ2v) is 7.23. The predicted octanol–water partition coefficient (Wildman–Crippen LogP) is 2.25. The zero-order valence-corrected chi connectivity index (χ0v) is 17.3. The van der Waals surface area contributed by atoms with E-state index in [9.17, 15) is 19.7 Å². The fourth-order valence-corrected chi connectivity index (χ4v) is 3.37. The van der Waals surface area contributed by atoms with Crippen molar-refractivity contribution in [2.24, 2.45) is 0 Å². The average Bonchev–Trinajstić information content (AvgIpc) is 2.78. The Morgan fingerprint density at radius 1 is 1.03 bits per heavy atom. The van der Waals surface area contributed by atoms with E-state index in [1.165, 1.54) is 30.7 Å². The molecule has 0 bridgehead atoms. The third-order valence-electron chi connectivity index (χ3n) is 5.00. The molecule has 0 radical (unpaired) electrons. The highest BCUT2D eigenvalue weighted by atomic mass is 16.6. The molecule has 0 aromatic heterocycles. The number of hydrogen-bond acceptors (Lipinski definition) is 7. The van der Waals surface area contributed by atoms with Crippen molar-refractivity contribution in [1.29, 1.82) is 0 Å². The van der Waals surface area contributed by atoms with Crippen LogP contribution in [0.5, 0.6) is 5.75 Å². The number of amides is 1. The van der Waals surface area contributed by atoms with Gasteiger partial charge in [0.25, 0.3) is 5.91 Å². The first-order valence-corrected chi connectivity index (χ1v) is 10.0. The van der Waals surface area contributed by atoms with E-state index in [1.807, 2.05) is 18.2 Å². The number of esters is 1. The Kier molecular flexibility index (Phi) is 7.55. The van der Waals surface area contributed by atoms with Gasteiger partial charge in [0.15, 0.2) is 18.5 Å². The molecule has 1 fully saturated rings. The van der Waals surface area contributed by atoms with Crippen molar-refractivity contribution < 1.29 is 24.0 Å². The van der Waals surface area contributed by atoms with Crippen LogP contribution in [0.4, 0.5) is 5.69 Å². The number of carbonyl (C=O) groups is 2. The topological polar surface area (TPSA) is 102 Å². The molecule has 0 aliphatic carbocycles. The van der Waals surface area contributed by atoms with Crippen LogP contribution in [-0.4, -0.2) is 65.5 Å². The Labute approximate surface area is 180 Å². The van der Waals surface area contributed by atoms with Crippen LogP contribution >= 0.6 is 0 Å². The molecule has 1 unspecified atom stereocenters. The smallest absolute Gasteiger partial charge is 0.344 e. The number of piperazine rings is 1. The minimum absolute atomic E-state index is 0.0297. The van der Waals surface area contributed by atoms with Crippen molar-refractivity contribution >= 4 is 17.6 Å². The molecule has 1 heterocycles. The van der Waals surface area contributed by atoms with Gasteiger partial charge in [-0.3, -0.25) is 19.8 Å². The highest BCUT2D eigenvalue weighted by Gasteiger charge is 2.27. The fourth-order valence-electron chi connectivity index (χ4n) is 3.37. The van der Waals surface area contributed by atoms with E-state index in [2.05, 4.69) is 17.0 Å². The Hall–Kier alpha value is -3.46. The lowest BCUT2D eigenvalue weighted by atomic mass is 10.2. The SMILES string of the molecule is CC(OC(=O)COc1ccccc1[N+](=O)[O-])C(=O)N1CCN(Cc2ccccc2)CC1. The van der Waals surface area contributed by atoms with Crippen LogP contribution in [0.2, 0.25) is 0 Å². The van der Waals surface area contributed by atoms with Crippen LogP contribution in [0.25, 0.3) is 0 Å². The van der Waals surface area contributed by atoms with Gasteiger partial charge in [0, 0.05) is 38.8 Å². The summed E-state index contributed by atoms with van der Waals surface area (Å²) >= 11 is 0. The van der Waals surface area contributed by atoms with Gasteiger partial charge in [-0.05, 0) is 18.6 Å². The van der Waals surface area contributed by atoms with Gasteiger partial charge in [-0.25, -0.2) is 4.79 Å². The van der Waals surface area contributed by atoms with Crippen molar-refractivity contribution in [3.05, 3.63) is 70.3 Å². The van der Waals surface area contributed by atoms with Crippen molar-refractivity contribution in [2.45, 2.75) is 19.6 Å². The summed E-state index contributed by atoms with van der Waals surface area (Å²) in [6, 6.07) is 15.9. The summed E-state index contributed by atoms with van der Waals surface area (Å²) in [4.78, 5) is 39.0. The van der Waals surface area contributed by atoms with Crippen molar-refractivity contribution in [3.63, 3.8) is 0 Å². The van der Waals surface area contributed by atoms with Gasteiger partial charge >= 0.3 is 11.7 Å². The standard InChI is InChI=1S/C22H25N3O6/c1-17(31-21(26)16-30-20-10-6-5-9-19(20)25(28)29)22(27)24-13-11-23(12-14-24)15-18-7-3-2-4-8-18/h2-10,17H,11-16H2,1H3. The number of nitro benzene ring substituents is 1. The second-order valence-electron chi connectivity index (χ2n) is 7.23. The molecule has 9 heteroatoms. The van der Waals surface area contributed by atoms with Crippen molar-refractivity contribution in [1.82, 2.24) is 9.80 Å². The Morgan fingerprint density at radius 3 is 2.35 bits per heavy atom. The lowest BCUT2D eigenvalue weighted by Crippen LogP contribution is -2.51. The second kappa shape index (κ2) is 10.5. The predicted molar refractivity (Wildman–Crippen MR) is 112 cm³/mol. The van der Waals surface area contributed by atoms with Gasteiger partial charge in [-0.1, -0.05) is 42.5 Å². The fraction of sp³-hybridized carbons (Fsp3) is 0.364. The first kappa shape index (κ1) is 22.2. The molecular formula is C22H25N3O6. The third kappa shape index (κ3) is 6.26. The molecule has 164 valence electrons. The number of rotatable bonds is 8. The van der Waals surface area contributed by atoms with Gasteiger partial charge in [0.1, 0.15) is 0 Å². The van der Waals surface area contributed by atoms with Crippen LogP contribution in [-0.2, 0) is 20.9 Å². The lowest BCUT2D eigenvalue weighted by Gasteiger charge is -2.35. The molecule has 3 rings (SSSR count). The molecule has 2 aromatic rings. The van der Waals surface area contributed by atoms with Crippen LogP contribution in [0, 0.1) is 10.1 Å². The van der Waals surface area contributed by atoms with Gasteiger partial charge < -0.3 is 14.4 Å². The molecule has 0 spiro atoms. The number of hydrogen-bond donors (Lipinski definition) is 0. The molecule has 0 N–H and O–H groups in total. The molecule has 1 amide bonds. The van der Waals surface area contributed by atoms with Gasteiger partial charge in [0.2, 0.25) is 0 Å². The van der Waals surface area contributed by atoms with Crippen molar-refractivity contribution in [2.75, 3.05) is 32.8 Å². The minimum Gasteiger partial charge on any atom is -0.475 e. The van der Waals surface area contributed by atoms with E-state index in [1.54, 1.807) is 11.0 Å². The zero-order valence-electron chi connectivity index (χ0n) is 17.3. The minimum atomic E-state index is -0.956. The maximum atomic E-state index is 12.6. The van der Waals surface area contributed by atoms with Crippen LogP contribution < -0.4 is 4.74 Å². The van der Waals surface area contributed by atoms with Crippen LogP contribution in [0.3, 0.4) is 0 Å². The highest BCUT2D eigenvalue weighted by Crippen LogP contribution is 2.25. The number of benzene rings is 2. The molecule has 1 saturated heterocycles. The Morgan fingerprint density at radius 2 is 1.68 bits per heavy atom. The summed E-state index contributed by atoms with van der Waals surface area (Å²) in [7, 11) is 0. The summed E-state index contributed by atoms with van der Waals surface area (Å²) in [5, 5.41) is 11.0. The molecule has 9 nitrogen and oxygen atoms in total. The van der Waals surface area contributed by atoms with E-state index >= 15 is 0 Å². The maximum Gasteiger partial charge on any atom is 0.344 e. The molecule has 31 heavy (non-hydrogen) atoms. The summed E-state index contributed by atoms with van der Waals surface area (Å²) in [5.41, 5.74) is 0.982. The van der Waals surface area contributed by atoms with E-state index in [-0.39, 0.29) is 17.3 Å². The van der Waals surface area contributed by atoms with Gasteiger partial charge in [-0.15, -0.1) is 0 Å². The number of carbonyl (C=O) groups excluding carboxylic acids is 2. The molecule has 1 aliphatic heterocycles. The quantitative estimate of drug-likeness (QED) is 0.362. The molecular weight excluding hydrogens is 402 g/mol. The highest BCUT2D eigenvalue weighted by molar-refractivity contribution is 5.84. The normalized spacial score (nSPS) is 15.2. The first-order valence-electron chi connectivity index (χ1n) is 10.0. The van der Waals surface area contributed by atoms with Gasteiger partial charge in [-0.2, -0.15) is 0 Å². The number of para-hydroxylation sites is 2. The first-order chi connectivity index (χ1) is 14.9. The van der Waals surface area contributed by atoms with Crippen LogP contribution in [0.1, 0.15) is 12.5 Å². The third-order valence-corrected chi connectivity index (χ3v) is 5.00. The molecule has 1 aliphatic rings. The van der Waals surface area contributed by atoms with Gasteiger partial charge in [0.05, 0.1) is 4.92 Å². The largest absolute Gasteiger partial charge is 0.475 e. The summed E-state index contributed by atoms with van der Waals surface area (Å²) in [5.74, 6) is -1.06. The molecule has 0 saturated carbocycles. The number of nitro groups is 1. The average molecular weight is 427 g/mol. The number of ether oxygens (including phenoxy) is 2. The van der Waals surface area contributed by atoms with E-state index < -0.39 is 23.6 Å². The van der Waals surface area contributed by atoms with E-state index in [0.717, 1.165) is 19.6 Å². The van der Waals surface area contributed by atoms with E-state index in [4.69, 9.17) is 9.47 Å². The summed E-state index contributed by atoms with van der Waals surface area (Å²) < 4.78 is 10.4. The summed E-state index contributed by atoms with van der Waals surface area (Å²) in [6.45, 7) is 4.41. The van der Waals surface area contributed by atoms with Crippen LogP contribution in [0.15, 0.2) is 54.6 Å². The lowest BCUT2D eigenvalue weighted by molar-refractivity contribution is -0.385.